The van der Waals surface area contributed by atoms with Gasteiger partial charge in [0.15, 0.2) is 0 Å². The highest BCUT2D eigenvalue weighted by Gasteiger charge is 2.19. The molecule has 0 unspecified atom stereocenters. The van der Waals surface area contributed by atoms with E-state index in [1.54, 1.807) is 6.92 Å². The Morgan fingerprint density at radius 1 is 0.376 bits per heavy atom. The van der Waals surface area contributed by atoms with Crippen LogP contribution in [-0.2, 0) is 47.5 Å². The number of hydrogen-bond acceptors (Lipinski definition) is 32. The molecule has 0 saturated heterocycles. The van der Waals surface area contributed by atoms with Crippen LogP contribution in [0.4, 0.5) is 17.1 Å². The van der Waals surface area contributed by atoms with E-state index in [0.717, 1.165) is 51.9 Å². The van der Waals surface area contributed by atoms with Gasteiger partial charge in [0, 0.05) is 100 Å². The van der Waals surface area contributed by atoms with E-state index in [-0.39, 0.29) is 103 Å². The lowest BCUT2D eigenvalue weighted by Gasteiger charge is -2.13. The molecule has 0 aromatic heterocycles. The van der Waals surface area contributed by atoms with E-state index < -0.39 is 139 Å². The van der Waals surface area contributed by atoms with Gasteiger partial charge in [-0.2, -0.15) is 0 Å². The predicted molar refractivity (Wildman–Crippen MR) is 312 cm³/mol. The normalized spacial score (nSPS) is 9.97. The molecule has 8 N–H and O–H groups in total. The van der Waals surface area contributed by atoms with E-state index in [4.69, 9.17) is 0 Å². The Morgan fingerprint density at radius 3 is 0.774 bits per heavy atom. The molecule has 3 rings (SSSR count). The molecule has 3 aromatic carbocycles. The first-order valence-corrected chi connectivity index (χ1v) is 36.3. The maximum absolute atomic E-state index is 11.4. The second kappa shape index (κ2) is 51.4. The lowest BCUT2D eigenvalue weighted by atomic mass is 10.1. The number of nitro groups is 3. The van der Waals surface area contributed by atoms with Gasteiger partial charge in [-0.05, 0) is 145 Å². The second-order valence-corrected chi connectivity index (χ2v) is 32.7. The van der Waals surface area contributed by atoms with Crippen LogP contribution in [-0.4, -0.2) is 178 Å². The number of carboxylic acid groups (broad SMARTS) is 11. The highest BCUT2D eigenvalue weighted by molar-refractivity contribution is 8.76. The number of hydrogen-bond donors (Lipinski definition) is 0. The summed E-state index contributed by atoms with van der Waals surface area (Å²) in [5, 5.41) is 145. The minimum Gasteiger partial charge on any atom is -0.550 e. The number of nitro benzene ring substituents is 3. The van der Waals surface area contributed by atoms with Crippen molar-refractivity contribution in [3.05, 3.63) is 107 Å². The number of benzene rings is 3. The molecule has 3 aromatic rings. The summed E-state index contributed by atoms with van der Waals surface area (Å²) in [7, 11) is -4.30. The van der Waals surface area contributed by atoms with Gasteiger partial charge in [0.25, 0.3) is 17.1 Å². The maximum Gasteiger partial charge on any atom is 0.278 e. The van der Waals surface area contributed by atoms with E-state index in [0.29, 0.717) is 40.0 Å². The Morgan fingerprint density at radius 2 is 0.581 bits per heavy atom. The zero-order chi connectivity index (χ0) is 69.5. The number of aliphatic carboxylic acids is 8. The molecule has 0 atom stereocenters. The lowest BCUT2D eigenvalue weighted by molar-refractivity contribution is -0.386. The molecule has 0 aliphatic rings. The van der Waals surface area contributed by atoms with Crippen LogP contribution in [0.25, 0.3) is 0 Å². The van der Waals surface area contributed by atoms with Crippen molar-refractivity contribution in [1.29, 1.82) is 0 Å². The van der Waals surface area contributed by atoms with Crippen LogP contribution in [0.15, 0.2) is 64.4 Å². The van der Waals surface area contributed by atoms with E-state index in [9.17, 15) is 148 Å². The third kappa shape index (κ3) is 52.1. The van der Waals surface area contributed by atoms with Gasteiger partial charge in [0.1, 0.15) is 0 Å². The summed E-state index contributed by atoms with van der Waals surface area (Å²) in [4.78, 5) is 143. The average molecular weight is 1440 g/mol. The standard InChI is InChI=1S/C14H8N2O8S2.C8H7NO4.2C7H13O5P.2C7H13O4P.4H2O/c17-13(18)9-5-7(1-3-11(9)15(21)22)25-26-8-2-4-12(16(23)24)10(6-8)14(19)20;1-5-2-3-7(9(12)13)6(4-5)8(10)11;2*1-13(12,4-2-6(8)9)5-3-7(10)11;2*1-12(4-2-6(8)9)5-3-7(10)11;;;;/h1-6H,(H,17,18)(H,19,20);2-4H,1H3,(H,10,11);2*2-5H2,1H3,(H,8,9)(H,10,11);2*2-5H2,1H3,(H,8,9)(H,10,11);4*1H2/p-11. The van der Waals surface area contributed by atoms with E-state index in [1.165, 1.54) is 37.6 Å². The largest absolute Gasteiger partial charge is 0.550 e. The molecule has 37 nitrogen and oxygen atoms in total. The number of carbonyl (C=O) groups is 11. The molecule has 93 heavy (non-hydrogen) atoms. The minimum absolute atomic E-state index is 0. The highest BCUT2D eigenvalue weighted by Crippen LogP contribution is 2.43. The Kier molecular flexibility index (Phi) is 54.4. The van der Waals surface area contributed by atoms with Gasteiger partial charge in [0.05, 0.1) is 63.7 Å². The molecule has 0 heterocycles. The maximum atomic E-state index is 11.4. The SMILES string of the molecule is CP(=O)(CCC(=O)[O-])CCC(=O)[O-].CP(=O)(CCC(=O)[O-])CCC(=O)[O-].CP(CCC(=O)[O-])CCC(=O)[O-].CP(CCC(=O)[O-])CCC(=O)[O-].Cc1ccc([N+](=O)[O-])c(C(=O)[O-])c1.O.O.O.O.O=C([O-])c1cc(SSc2ccc([N+](=O)[O-])c(C(=O)[O-])c2)ccc1[N+](=O)[O-]. The Bertz CT molecular complexity index is 2870. The molecule has 0 aliphatic carbocycles. The zero-order valence-electron chi connectivity index (χ0n) is 49.7. The third-order valence-electron chi connectivity index (χ3n) is 10.5. The molecular weight excluding hydrogens is 1370 g/mol. The van der Waals surface area contributed by atoms with Crippen molar-refractivity contribution in [1.82, 2.24) is 0 Å². The Labute approximate surface area is 538 Å². The van der Waals surface area contributed by atoms with Crippen molar-refractivity contribution >= 4 is 134 Å². The van der Waals surface area contributed by atoms with Crippen LogP contribution in [0.2, 0.25) is 0 Å². The minimum atomic E-state index is -2.64. The summed E-state index contributed by atoms with van der Waals surface area (Å²) in [5.41, 5.74) is -2.61. The Hall–Kier alpha value is -8.11. The lowest BCUT2D eigenvalue weighted by Crippen LogP contribution is -2.25. The first kappa shape index (κ1) is 98.5. The number of carbonyl (C=O) groups excluding carboxylic acids is 11. The zero-order valence-corrected chi connectivity index (χ0v) is 54.9. The topological polar surface area (TPSA) is 731 Å². The first-order chi connectivity index (χ1) is 40.9. The quantitative estimate of drug-likeness (QED) is 0.0236. The van der Waals surface area contributed by atoms with E-state index in [1.807, 2.05) is 13.3 Å². The summed E-state index contributed by atoms with van der Waals surface area (Å²) >= 11 is 0. The molecule has 0 radical (unpaired) electrons. The van der Waals surface area contributed by atoms with Crippen molar-refractivity contribution in [2.45, 2.75) is 68.1 Å². The van der Waals surface area contributed by atoms with Crippen molar-refractivity contribution in [3.8, 4) is 0 Å². The molecule has 526 valence electrons. The summed E-state index contributed by atoms with van der Waals surface area (Å²) in [6.07, 6.45) is 1.01. The van der Waals surface area contributed by atoms with Crippen molar-refractivity contribution < 1.29 is 155 Å². The molecule has 0 saturated carbocycles. The molecule has 0 fully saturated rings. The van der Waals surface area contributed by atoms with Crippen molar-refractivity contribution in [2.24, 2.45) is 0 Å². The molecule has 0 spiro atoms. The van der Waals surface area contributed by atoms with Crippen LogP contribution in [0.1, 0.15) is 88.0 Å². The van der Waals surface area contributed by atoms with Gasteiger partial charge in [-0.1, -0.05) is 27.7 Å². The summed E-state index contributed by atoms with van der Waals surface area (Å²) < 4.78 is 22.9. The van der Waals surface area contributed by atoms with Gasteiger partial charge in [0.2, 0.25) is 0 Å². The monoisotopic (exact) mass is 1440 g/mol. The molecule has 0 bridgehead atoms. The van der Waals surface area contributed by atoms with Crippen LogP contribution in [0, 0.1) is 37.3 Å². The van der Waals surface area contributed by atoms with Crippen LogP contribution >= 0.6 is 51.7 Å². The number of nitrogens with zero attached hydrogens (tertiary/aromatic N) is 3. The van der Waals surface area contributed by atoms with Crippen molar-refractivity contribution in [2.75, 3.05) is 76.0 Å². The molecule has 0 aliphatic heterocycles. The smallest absolute Gasteiger partial charge is 0.278 e. The van der Waals surface area contributed by atoms with Gasteiger partial charge in [-0.15, -0.1) is 15.8 Å². The van der Waals surface area contributed by atoms with Crippen LogP contribution in [0.3, 0.4) is 0 Å². The van der Waals surface area contributed by atoms with Crippen LogP contribution in [0.5, 0.6) is 0 Å². The summed E-state index contributed by atoms with van der Waals surface area (Å²) in [6.45, 7) is 8.18. The molecule has 43 heteroatoms. The third-order valence-corrected chi connectivity index (χ3v) is 21.5. The second-order valence-electron chi connectivity index (χ2n) is 18.2. The first-order valence-electron chi connectivity index (χ1n) is 24.8. The number of rotatable bonds is 33. The van der Waals surface area contributed by atoms with E-state index in [2.05, 4.69) is 0 Å². The van der Waals surface area contributed by atoms with Crippen LogP contribution < -0.4 is 56.2 Å². The average Bonchev–Trinajstić information content (AvgIpc) is 0.879. The highest BCUT2D eigenvalue weighted by atomic mass is 33.1. The summed E-state index contributed by atoms with van der Waals surface area (Å²) in [6, 6.07) is 10.6. The van der Waals surface area contributed by atoms with E-state index >= 15 is 0 Å². The fourth-order valence-corrected chi connectivity index (χ4v) is 13.5. The van der Waals surface area contributed by atoms with Crippen molar-refractivity contribution in [3.63, 3.8) is 0 Å². The molecular formula is C50H64N3O34P4S2-11. The summed E-state index contributed by atoms with van der Waals surface area (Å²) in [5.74, 6) is -14.3. The Balaban J connectivity index is -0.000000196. The molecule has 0 amide bonds. The number of aromatic carboxylic acids is 3. The fraction of sp³-hybridized carbons (Fsp3) is 0.420. The fourth-order valence-electron chi connectivity index (χ4n) is 5.74. The van der Waals surface area contributed by atoms with Gasteiger partial charge < -0.3 is 140 Å². The number of aryl methyl sites for hydroxylation is 1. The number of carboxylic acids is 11. The van der Waals surface area contributed by atoms with Gasteiger partial charge in [-0.3, -0.25) is 30.3 Å². The van der Waals surface area contributed by atoms with Gasteiger partial charge >= 0.3 is 0 Å². The van der Waals surface area contributed by atoms with Gasteiger partial charge in [-0.25, -0.2) is 0 Å². The predicted octanol–water partition coefficient (Wildman–Crippen LogP) is -8.73.